The van der Waals surface area contributed by atoms with Gasteiger partial charge in [-0.2, -0.15) is 18.4 Å². The van der Waals surface area contributed by atoms with Crippen LogP contribution in [0.5, 0.6) is 0 Å². The van der Waals surface area contributed by atoms with E-state index in [9.17, 15) is 13.2 Å². The number of nitriles is 1. The standard InChI is InChI=1S/C18H16ClF3N4/c19-16-9-15(18(20,21)22)11-24-17(16)26-7-5-25(6-8-26)12-14-3-1-13(10-23)2-4-14/h1-4,9,11H,5-8,12H2/p+2. The highest BCUT2D eigenvalue weighted by molar-refractivity contribution is 6.32. The number of aromatic amines is 1. The van der Waals surface area contributed by atoms with E-state index in [0.29, 0.717) is 24.5 Å². The molecule has 26 heavy (non-hydrogen) atoms. The number of nitrogens with one attached hydrogen (secondary N) is 2. The minimum absolute atomic E-state index is 0.0790. The highest BCUT2D eigenvalue weighted by Gasteiger charge is 2.34. The van der Waals surface area contributed by atoms with Gasteiger partial charge in [0.25, 0.3) is 5.82 Å². The van der Waals surface area contributed by atoms with Crippen molar-refractivity contribution in [1.82, 2.24) is 0 Å². The van der Waals surface area contributed by atoms with Gasteiger partial charge in [0.2, 0.25) is 0 Å². The lowest BCUT2D eigenvalue weighted by Gasteiger charge is -2.28. The van der Waals surface area contributed by atoms with Gasteiger partial charge in [0.15, 0.2) is 0 Å². The summed E-state index contributed by atoms with van der Waals surface area (Å²) in [5, 5.41) is 8.91. The van der Waals surface area contributed by atoms with Gasteiger partial charge in [-0.1, -0.05) is 23.7 Å². The van der Waals surface area contributed by atoms with Crippen LogP contribution in [0.15, 0.2) is 36.5 Å². The molecule has 0 radical (unpaired) electrons. The van der Waals surface area contributed by atoms with Crippen LogP contribution in [0.4, 0.5) is 19.0 Å². The first-order valence-electron chi connectivity index (χ1n) is 8.23. The zero-order valence-corrected chi connectivity index (χ0v) is 14.7. The highest BCUT2D eigenvalue weighted by atomic mass is 35.5. The van der Waals surface area contributed by atoms with Crippen molar-refractivity contribution in [2.45, 2.75) is 12.7 Å². The van der Waals surface area contributed by atoms with E-state index in [0.717, 1.165) is 37.5 Å². The summed E-state index contributed by atoms with van der Waals surface area (Å²) in [4.78, 5) is 6.05. The molecule has 0 unspecified atom stereocenters. The number of quaternary nitrogens is 1. The van der Waals surface area contributed by atoms with E-state index < -0.39 is 11.7 Å². The average molecular weight is 383 g/mol. The molecule has 8 heteroatoms. The quantitative estimate of drug-likeness (QED) is 0.882. The van der Waals surface area contributed by atoms with Crippen LogP contribution in [0.3, 0.4) is 0 Å². The lowest BCUT2D eigenvalue weighted by molar-refractivity contribution is -0.914. The molecular formula is C18H18ClF3N4+2. The minimum Gasteiger partial charge on any atom is -0.325 e. The van der Waals surface area contributed by atoms with E-state index in [1.54, 1.807) is 0 Å². The number of piperazine rings is 1. The number of aromatic nitrogens is 1. The van der Waals surface area contributed by atoms with Crippen molar-refractivity contribution in [2.24, 2.45) is 0 Å². The molecule has 0 saturated carbocycles. The van der Waals surface area contributed by atoms with Crippen molar-refractivity contribution in [1.29, 1.82) is 5.26 Å². The molecule has 0 atom stereocenters. The third-order valence-electron chi connectivity index (χ3n) is 4.52. The Morgan fingerprint density at radius 2 is 1.85 bits per heavy atom. The number of H-pyrrole nitrogens is 1. The van der Waals surface area contributed by atoms with Crippen LogP contribution in [-0.2, 0) is 12.7 Å². The number of anilines is 1. The molecule has 1 aliphatic heterocycles. The van der Waals surface area contributed by atoms with E-state index in [4.69, 9.17) is 16.9 Å². The molecule has 2 N–H and O–H groups in total. The van der Waals surface area contributed by atoms with E-state index in [-0.39, 0.29) is 5.02 Å². The van der Waals surface area contributed by atoms with E-state index in [1.807, 2.05) is 29.2 Å². The molecule has 0 bridgehead atoms. The average Bonchev–Trinajstić information content (AvgIpc) is 2.62. The third-order valence-corrected chi connectivity index (χ3v) is 4.81. The number of nitrogens with zero attached hydrogens (tertiary/aromatic N) is 2. The van der Waals surface area contributed by atoms with Gasteiger partial charge in [-0.15, -0.1) is 0 Å². The first kappa shape index (κ1) is 18.5. The van der Waals surface area contributed by atoms with Crippen LogP contribution in [-0.4, -0.2) is 26.2 Å². The predicted molar refractivity (Wildman–Crippen MR) is 90.8 cm³/mol. The van der Waals surface area contributed by atoms with Gasteiger partial charge in [-0.3, -0.25) is 0 Å². The largest absolute Gasteiger partial charge is 0.419 e. The molecule has 0 spiro atoms. The molecule has 2 heterocycles. The highest BCUT2D eigenvalue weighted by Crippen LogP contribution is 2.31. The molecule has 136 valence electrons. The number of hydrogen-bond donors (Lipinski definition) is 1. The van der Waals surface area contributed by atoms with Crippen LogP contribution in [0.2, 0.25) is 5.02 Å². The van der Waals surface area contributed by atoms with Crippen LogP contribution in [0.1, 0.15) is 16.7 Å². The number of rotatable bonds is 3. The lowest BCUT2D eigenvalue weighted by atomic mass is 10.1. The van der Waals surface area contributed by atoms with Gasteiger partial charge >= 0.3 is 6.18 Å². The Hall–Kier alpha value is -2.30. The number of alkyl halides is 3. The van der Waals surface area contributed by atoms with Crippen LogP contribution in [0, 0.1) is 11.3 Å². The van der Waals surface area contributed by atoms with Crippen LogP contribution in [0.25, 0.3) is 0 Å². The molecule has 0 amide bonds. The van der Waals surface area contributed by atoms with Gasteiger partial charge in [-0.25, -0.2) is 9.88 Å². The van der Waals surface area contributed by atoms with Gasteiger partial charge < -0.3 is 4.90 Å². The topological polar surface area (TPSA) is 45.6 Å². The summed E-state index contributed by atoms with van der Waals surface area (Å²) in [6.45, 7) is 3.96. The Morgan fingerprint density at radius 1 is 1.19 bits per heavy atom. The second-order valence-electron chi connectivity index (χ2n) is 6.31. The Kier molecular flexibility index (Phi) is 5.35. The minimum atomic E-state index is -4.41. The lowest BCUT2D eigenvalue weighted by Crippen LogP contribution is -3.13. The van der Waals surface area contributed by atoms with Crippen LogP contribution < -0.4 is 14.8 Å². The molecule has 4 nitrogen and oxygen atoms in total. The van der Waals surface area contributed by atoms with Gasteiger partial charge in [0.05, 0.1) is 17.2 Å². The fourth-order valence-electron chi connectivity index (χ4n) is 3.08. The maximum atomic E-state index is 12.7. The van der Waals surface area contributed by atoms with Gasteiger partial charge in [-0.05, 0) is 18.2 Å². The maximum absolute atomic E-state index is 12.7. The van der Waals surface area contributed by atoms with Crippen molar-refractivity contribution >= 4 is 17.4 Å². The van der Waals surface area contributed by atoms with E-state index in [2.05, 4.69) is 11.1 Å². The number of hydrogen-bond acceptors (Lipinski definition) is 2. The molecule has 1 aromatic carbocycles. The van der Waals surface area contributed by atoms with Crippen LogP contribution >= 0.6 is 11.6 Å². The SMILES string of the molecule is N#Cc1ccc(C[NH+]2CCN(c3[nH+]cc(C(F)(F)F)cc3Cl)CC2)cc1. The van der Waals surface area contributed by atoms with Crippen molar-refractivity contribution in [3.8, 4) is 6.07 Å². The Balaban J connectivity index is 1.60. The number of pyridine rings is 1. The van der Waals surface area contributed by atoms with Gasteiger partial charge in [0.1, 0.15) is 43.9 Å². The third kappa shape index (κ3) is 4.26. The van der Waals surface area contributed by atoms with Crippen molar-refractivity contribution in [2.75, 3.05) is 31.1 Å². The summed E-state index contributed by atoms with van der Waals surface area (Å²) < 4.78 is 38.2. The molecular weight excluding hydrogens is 365 g/mol. The van der Waals surface area contributed by atoms with Gasteiger partial charge in [0, 0.05) is 5.56 Å². The van der Waals surface area contributed by atoms with Crippen molar-refractivity contribution in [3.05, 3.63) is 58.2 Å². The molecule has 0 aliphatic carbocycles. The fraction of sp³-hybridized carbons (Fsp3) is 0.333. The maximum Gasteiger partial charge on any atom is 0.419 e. The zero-order chi connectivity index (χ0) is 18.7. The smallest absolute Gasteiger partial charge is 0.325 e. The summed E-state index contributed by atoms with van der Waals surface area (Å²) in [5.74, 6) is 0.525. The van der Waals surface area contributed by atoms with E-state index in [1.165, 1.54) is 4.90 Å². The fourth-order valence-corrected chi connectivity index (χ4v) is 3.37. The molecule has 1 aromatic heterocycles. The normalized spacial score (nSPS) is 15.7. The zero-order valence-electron chi connectivity index (χ0n) is 13.9. The summed E-state index contributed by atoms with van der Waals surface area (Å²) in [5.41, 5.74) is 1.02. The first-order chi connectivity index (χ1) is 12.4. The predicted octanol–water partition coefficient (Wildman–Crippen LogP) is 1.95. The first-order valence-corrected chi connectivity index (χ1v) is 8.60. The summed E-state index contributed by atoms with van der Waals surface area (Å²) in [6.07, 6.45) is -3.46. The second-order valence-corrected chi connectivity index (χ2v) is 6.71. The Morgan fingerprint density at radius 3 is 2.38 bits per heavy atom. The van der Waals surface area contributed by atoms with E-state index >= 15 is 0 Å². The molecule has 1 fully saturated rings. The molecule has 2 aromatic rings. The molecule has 1 aliphatic rings. The monoisotopic (exact) mass is 382 g/mol. The summed E-state index contributed by atoms with van der Waals surface area (Å²) in [7, 11) is 0. The molecule has 3 rings (SSSR count). The Bertz CT molecular complexity index is 807. The molecule has 1 saturated heterocycles. The summed E-state index contributed by atoms with van der Waals surface area (Å²) >= 11 is 6.06. The van der Waals surface area contributed by atoms with Crippen molar-refractivity contribution in [3.63, 3.8) is 0 Å². The van der Waals surface area contributed by atoms with Crippen molar-refractivity contribution < 1.29 is 23.1 Å². The Labute approximate surface area is 154 Å². The second kappa shape index (κ2) is 7.52. The number of benzene rings is 1. The number of halogens is 4. The summed E-state index contributed by atoms with van der Waals surface area (Å²) in [6, 6.07) is 10.6.